The van der Waals surface area contributed by atoms with Crippen LogP contribution in [0.5, 0.6) is 0 Å². The first-order chi connectivity index (χ1) is 7.00. The first-order valence-electron chi connectivity index (χ1n) is 4.42. The van der Waals surface area contributed by atoms with Crippen LogP contribution in [0.15, 0.2) is 24.4 Å². The van der Waals surface area contributed by atoms with Crippen molar-refractivity contribution < 1.29 is 0 Å². The fraction of sp³-hybridized carbons (Fsp3) is 0.182. The minimum absolute atomic E-state index is 0.478. The zero-order valence-corrected chi connectivity index (χ0v) is 10.1. The molecule has 0 unspecified atom stereocenters. The molecule has 0 spiro atoms. The van der Waals surface area contributed by atoms with Gasteiger partial charge in [0.25, 0.3) is 0 Å². The summed E-state index contributed by atoms with van der Waals surface area (Å²) in [5.74, 6) is 0.478. The number of rotatable bonds is 2. The van der Waals surface area contributed by atoms with Gasteiger partial charge < -0.3 is 4.90 Å². The molecule has 0 bridgehead atoms. The lowest BCUT2D eigenvalue weighted by atomic mass is 10.2. The standard InChI is InChI=1S/C11H12Cl2N2/c1-8(14)15(2)6-5-9-3-4-10(12)11(13)7-9/h3-7,14H,1-2H3/b6-5+,14-8?. The molecule has 0 amide bonds. The molecular formula is C11H12Cl2N2. The Bertz CT molecular complexity index is 400. The van der Waals surface area contributed by atoms with E-state index in [2.05, 4.69) is 0 Å². The minimum Gasteiger partial charge on any atom is -0.340 e. The van der Waals surface area contributed by atoms with Gasteiger partial charge in [0, 0.05) is 13.2 Å². The second kappa shape index (κ2) is 5.19. The molecule has 0 aliphatic rings. The highest BCUT2D eigenvalue weighted by molar-refractivity contribution is 6.42. The van der Waals surface area contributed by atoms with Gasteiger partial charge in [-0.1, -0.05) is 29.3 Å². The van der Waals surface area contributed by atoms with Gasteiger partial charge in [0.15, 0.2) is 0 Å². The lowest BCUT2D eigenvalue weighted by Gasteiger charge is -2.10. The molecule has 1 aromatic rings. The second-order valence-corrected chi connectivity index (χ2v) is 4.00. The summed E-state index contributed by atoms with van der Waals surface area (Å²) in [4.78, 5) is 1.71. The van der Waals surface area contributed by atoms with Gasteiger partial charge >= 0.3 is 0 Å². The Kier molecular flexibility index (Phi) is 4.18. The summed E-state index contributed by atoms with van der Waals surface area (Å²) in [7, 11) is 1.82. The Hall–Kier alpha value is -0.990. The Morgan fingerprint density at radius 2 is 2.00 bits per heavy atom. The number of nitrogens with one attached hydrogen (secondary N) is 1. The van der Waals surface area contributed by atoms with Gasteiger partial charge in [0.1, 0.15) is 0 Å². The van der Waals surface area contributed by atoms with E-state index in [0.717, 1.165) is 5.56 Å². The third kappa shape index (κ3) is 3.57. The van der Waals surface area contributed by atoms with E-state index in [1.54, 1.807) is 24.0 Å². The average Bonchev–Trinajstić information content (AvgIpc) is 2.19. The molecule has 0 fully saturated rings. The third-order valence-electron chi connectivity index (χ3n) is 1.96. The number of hydrogen-bond donors (Lipinski definition) is 1. The topological polar surface area (TPSA) is 27.1 Å². The van der Waals surface area contributed by atoms with Gasteiger partial charge in [-0.05, 0) is 30.7 Å². The van der Waals surface area contributed by atoms with Crippen molar-refractivity contribution in [1.82, 2.24) is 4.90 Å². The molecule has 0 saturated carbocycles. The van der Waals surface area contributed by atoms with Crippen molar-refractivity contribution >= 4 is 35.1 Å². The van der Waals surface area contributed by atoms with Crippen LogP contribution in [0, 0.1) is 5.41 Å². The maximum absolute atomic E-state index is 7.37. The number of nitrogens with zero attached hydrogens (tertiary/aromatic N) is 1. The number of amidine groups is 1. The average molecular weight is 243 g/mol. The molecule has 1 rings (SSSR count). The van der Waals surface area contributed by atoms with E-state index in [1.165, 1.54) is 0 Å². The maximum atomic E-state index is 7.37. The zero-order valence-electron chi connectivity index (χ0n) is 8.59. The number of benzene rings is 1. The van der Waals surface area contributed by atoms with E-state index >= 15 is 0 Å². The first kappa shape index (κ1) is 12.1. The van der Waals surface area contributed by atoms with Crippen molar-refractivity contribution in [3.05, 3.63) is 40.0 Å². The summed E-state index contributed by atoms with van der Waals surface area (Å²) in [5.41, 5.74) is 0.956. The van der Waals surface area contributed by atoms with Crippen LogP contribution in [0.3, 0.4) is 0 Å². The third-order valence-corrected chi connectivity index (χ3v) is 2.70. The summed E-state index contributed by atoms with van der Waals surface area (Å²) in [6, 6.07) is 5.41. The Morgan fingerprint density at radius 3 is 2.53 bits per heavy atom. The smallest absolute Gasteiger partial charge is 0.0963 e. The number of halogens is 2. The molecule has 0 radical (unpaired) electrons. The molecule has 1 aromatic carbocycles. The predicted molar refractivity (Wildman–Crippen MR) is 66.7 cm³/mol. The quantitative estimate of drug-likeness (QED) is 0.619. The molecule has 0 atom stereocenters. The van der Waals surface area contributed by atoms with E-state index in [1.807, 2.05) is 25.4 Å². The highest BCUT2D eigenvalue weighted by atomic mass is 35.5. The lowest BCUT2D eigenvalue weighted by molar-refractivity contribution is 0.682. The van der Waals surface area contributed by atoms with Crippen LogP contribution in [0.25, 0.3) is 6.08 Å². The molecule has 0 aromatic heterocycles. The van der Waals surface area contributed by atoms with Gasteiger partial charge in [0.2, 0.25) is 0 Å². The normalized spacial score (nSPS) is 10.7. The Morgan fingerprint density at radius 1 is 1.33 bits per heavy atom. The molecule has 2 nitrogen and oxygen atoms in total. The molecule has 0 aliphatic heterocycles. The van der Waals surface area contributed by atoms with Crippen molar-refractivity contribution in [1.29, 1.82) is 5.41 Å². The van der Waals surface area contributed by atoms with Crippen molar-refractivity contribution in [2.24, 2.45) is 0 Å². The Balaban J connectivity index is 2.81. The fourth-order valence-corrected chi connectivity index (χ4v) is 1.23. The molecule has 1 N–H and O–H groups in total. The highest BCUT2D eigenvalue weighted by Crippen LogP contribution is 2.23. The highest BCUT2D eigenvalue weighted by Gasteiger charge is 1.97. The predicted octanol–water partition coefficient (Wildman–Crippen LogP) is 3.89. The van der Waals surface area contributed by atoms with Gasteiger partial charge in [-0.2, -0.15) is 0 Å². The van der Waals surface area contributed by atoms with Crippen molar-refractivity contribution in [3.8, 4) is 0 Å². The second-order valence-electron chi connectivity index (χ2n) is 3.19. The van der Waals surface area contributed by atoms with Gasteiger partial charge in [0.05, 0.1) is 15.9 Å². The minimum atomic E-state index is 0.478. The molecular weight excluding hydrogens is 231 g/mol. The van der Waals surface area contributed by atoms with Crippen molar-refractivity contribution in [2.75, 3.05) is 7.05 Å². The molecule has 80 valence electrons. The van der Waals surface area contributed by atoms with E-state index < -0.39 is 0 Å². The molecule has 0 aliphatic carbocycles. The lowest BCUT2D eigenvalue weighted by Crippen LogP contribution is -2.15. The van der Waals surface area contributed by atoms with E-state index in [0.29, 0.717) is 15.9 Å². The summed E-state index contributed by atoms with van der Waals surface area (Å²) in [6.45, 7) is 1.72. The first-order valence-corrected chi connectivity index (χ1v) is 5.17. The fourth-order valence-electron chi connectivity index (χ4n) is 0.926. The van der Waals surface area contributed by atoms with E-state index in [4.69, 9.17) is 28.6 Å². The van der Waals surface area contributed by atoms with Crippen LogP contribution in [-0.4, -0.2) is 17.8 Å². The van der Waals surface area contributed by atoms with E-state index in [9.17, 15) is 0 Å². The monoisotopic (exact) mass is 242 g/mol. The van der Waals surface area contributed by atoms with Crippen molar-refractivity contribution in [2.45, 2.75) is 6.92 Å². The molecule has 0 heterocycles. The van der Waals surface area contributed by atoms with Gasteiger partial charge in [-0.15, -0.1) is 0 Å². The summed E-state index contributed by atoms with van der Waals surface area (Å²) in [6.07, 6.45) is 3.68. The maximum Gasteiger partial charge on any atom is 0.0963 e. The van der Waals surface area contributed by atoms with Crippen LogP contribution in [0.2, 0.25) is 10.0 Å². The van der Waals surface area contributed by atoms with Gasteiger partial charge in [-0.25, -0.2) is 0 Å². The number of hydrogen-bond acceptors (Lipinski definition) is 1. The summed E-state index contributed by atoms with van der Waals surface area (Å²) in [5, 5.41) is 8.45. The van der Waals surface area contributed by atoms with Crippen LogP contribution >= 0.6 is 23.2 Å². The summed E-state index contributed by atoms with van der Waals surface area (Å²) < 4.78 is 0. The van der Waals surface area contributed by atoms with E-state index in [-0.39, 0.29) is 0 Å². The van der Waals surface area contributed by atoms with Crippen molar-refractivity contribution in [3.63, 3.8) is 0 Å². The van der Waals surface area contributed by atoms with Gasteiger partial charge in [-0.3, -0.25) is 5.41 Å². The van der Waals surface area contributed by atoms with Crippen LogP contribution in [0.1, 0.15) is 12.5 Å². The molecule has 4 heteroatoms. The summed E-state index contributed by atoms with van der Waals surface area (Å²) >= 11 is 11.7. The van der Waals surface area contributed by atoms with Crippen LogP contribution in [-0.2, 0) is 0 Å². The Labute approximate surface area is 99.6 Å². The van der Waals surface area contributed by atoms with Crippen LogP contribution in [0.4, 0.5) is 0 Å². The zero-order chi connectivity index (χ0) is 11.4. The largest absolute Gasteiger partial charge is 0.340 e. The SMILES string of the molecule is CC(=N)N(C)/C=C/c1ccc(Cl)c(Cl)c1. The molecule has 0 saturated heterocycles. The molecule has 15 heavy (non-hydrogen) atoms. The van der Waals surface area contributed by atoms with Crippen LogP contribution < -0.4 is 0 Å².